The standard InChI is InChI=1S/C15H13Br2NO/c1-9-4-3-5-14(10(9)2)18-8-11-6-12(16)7-13(17)15(11)19/h3-8,19H,1-2H3. The van der Waals surface area contributed by atoms with Crippen LogP contribution in [0.1, 0.15) is 16.7 Å². The Morgan fingerprint density at radius 3 is 2.63 bits per heavy atom. The SMILES string of the molecule is Cc1cccc(N=Cc2cc(Br)cc(Br)c2O)c1C. The van der Waals surface area contributed by atoms with E-state index < -0.39 is 0 Å². The van der Waals surface area contributed by atoms with E-state index in [1.54, 1.807) is 12.3 Å². The number of benzene rings is 2. The van der Waals surface area contributed by atoms with E-state index in [-0.39, 0.29) is 5.75 Å². The Kier molecular flexibility index (Phi) is 4.42. The summed E-state index contributed by atoms with van der Waals surface area (Å²) in [6, 6.07) is 9.62. The van der Waals surface area contributed by atoms with E-state index in [1.807, 2.05) is 25.1 Å². The van der Waals surface area contributed by atoms with Gasteiger partial charge in [-0.1, -0.05) is 28.1 Å². The third-order valence-corrected chi connectivity index (χ3v) is 4.04. The quantitative estimate of drug-likeness (QED) is 0.703. The molecule has 0 aromatic heterocycles. The van der Waals surface area contributed by atoms with E-state index in [0.29, 0.717) is 10.0 Å². The zero-order valence-corrected chi connectivity index (χ0v) is 13.8. The Morgan fingerprint density at radius 2 is 1.89 bits per heavy atom. The van der Waals surface area contributed by atoms with Crippen molar-refractivity contribution < 1.29 is 5.11 Å². The maximum absolute atomic E-state index is 9.96. The first-order chi connectivity index (χ1) is 8.99. The van der Waals surface area contributed by atoms with Gasteiger partial charge in [-0.15, -0.1) is 0 Å². The van der Waals surface area contributed by atoms with Crippen LogP contribution in [0.15, 0.2) is 44.3 Å². The summed E-state index contributed by atoms with van der Waals surface area (Å²) in [4.78, 5) is 4.45. The Hall–Kier alpha value is -1.13. The molecule has 0 spiro atoms. The number of aryl methyl sites for hydroxylation is 1. The van der Waals surface area contributed by atoms with Gasteiger partial charge in [0.15, 0.2) is 0 Å². The highest BCUT2D eigenvalue weighted by molar-refractivity contribution is 9.11. The van der Waals surface area contributed by atoms with Crippen LogP contribution >= 0.6 is 31.9 Å². The van der Waals surface area contributed by atoms with E-state index in [9.17, 15) is 5.11 Å². The molecule has 19 heavy (non-hydrogen) atoms. The van der Waals surface area contributed by atoms with Crippen molar-refractivity contribution in [2.75, 3.05) is 0 Å². The summed E-state index contributed by atoms with van der Waals surface area (Å²) < 4.78 is 1.53. The highest BCUT2D eigenvalue weighted by Gasteiger charge is 2.05. The summed E-state index contributed by atoms with van der Waals surface area (Å²) in [6.45, 7) is 4.10. The summed E-state index contributed by atoms with van der Waals surface area (Å²) in [7, 11) is 0. The van der Waals surface area contributed by atoms with Gasteiger partial charge in [0, 0.05) is 16.3 Å². The molecule has 2 rings (SSSR count). The highest BCUT2D eigenvalue weighted by Crippen LogP contribution is 2.31. The summed E-state index contributed by atoms with van der Waals surface area (Å²) in [5.74, 6) is 0.192. The van der Waals surface area contributed by atoms with Gasteiger partial charge in [0.2, 0.25) is 0 Å². The number of rotatable bonds is 2. The van der Waals surface area contributed by atoms with Crippen molar-refractivity contribution in [2.24, 2.45) is 4.99 Å². The van der Waals surface area contributed by atoms with Gasteiger partial charge in [-0.2, -0.15) is 0 Å². The first-order valence-electron chi connectivity index (χ1n) is 5.77. The Labute approximate surface area is 129 Å². The zero-order chi connectivity index (χ0) is 14.0. The van der Waals surface area contributed by atoms with Gasteiger partial charge in [0.05, 0.1) is 10.2 Å². The molecule has 4 heteroatoms. The van der Waals surface area contributed by atoms with Crippen molar-refractivity contribution in [3.05, 3.63) is 56.0 Å². The molecule has 0 atom stereocenters. The maximum Gasteiger partial charge on any atom is 0.138 e. The van der Waals surface area contributed by atoms with Gasteiger partial charge >= 0.3 is 0 Å². The van der Waals surface area contributed by atoms with Crippen LogP contribution in [0.25, 0.3) is 0 Å². The Bertz CT molecular complexity index is 651. The first-order valence-corrected chi connectivity index (χ1v) is 7.36. The molecule has 0 radical (unpaired) electrons. The van der Waals surface area contributed by atoms with Crippen LogP contribution in [0.2, 0.25) is 0 Å². The molecule has 0 saturated heterocycles. The van der Waals surface area contributed by atoms with Crippen LogP contribution in [-0.2, 0) is 0 Å². The molecule has 0 fully saturated rings. The van der Waals surface area contributed by atoms with Gasteiger partial charge in [0.1, 0.15) is 5.75 Å². The van der Waals surface area contributed by atoms with E-state index in [2.05, 4.69) is 49.8 Å². The molecular formula is C15H13Br2NO. The lowest BCUT2D eigenvalue weighted by atomic mass is 10.1. The third-order valence-electron chi connectivity index (χ3n) is 2.98. The molecule has 0 saturated carbocycles. The number of hydrogen-bond donors (Lipinski definition) is 1. The Balaban J connectivity index is 2.41. The first kappa shape index (κ1) is 14.3. The van der Waals surface area contributed by atoms with Crippen molar-refractivity contribution in [3.63, 3.8) is 0 Å². The number of halogens is 2. The van der Waals surface area contributed by atoms with Crippen molar-refractivity contribution in [1.29, 1.82) is 0 Å². The number of hydrogen-bond acceptors (Lipinski definition) is 2. The monoisotopic (exact) mass is 381 g/mol. The summed E-state index contributed by atoms with van der Waals surface area (Å²) >= 11 is 6.70. The molecule has 98 valence electrons. The molecule has 2 nitrogen and oxygen atoms in total. The summed E-state index contributed by atoms with van der Waals surface area (Å²) in [6.07, 6.45) is 1.67. The largest absolute Gasteiger partial charge is 0.506 e. The molecule has 0 heterocycles. The topological polar surface area (TPSA) is 32.6 Å². The minimum absolute atomic E-state index is 0.192. The second-order valence-electron chi connectivity index (χ2n) is 4.30. The fourth-order valence-electron chi connectivity index (χ4n) is 1.70. The van der Waals surface area contributed by atoms with Crippen LogP contribution in [0, 0.1) is 13.8 Å². The maximum atomic E-state index is 9.96. The van der Waals surface area contributed by atoms with Crippen LogP contribution in [0.5, 0.6) is 5.75 Å². The normalized spacial score (nSPS) is 11.2. The molecule has 0 bridgehead atoms. The lowest BCUT2D eigenvalue weighted by Gasteiger charge is -2.05. The van der Waals surface area contributed by atoms with Crippen LogP contribution in [-0.4, -0.2) is 11.3 Å². The molecule has 0 unspecified atom stereocenters. The predicted octanol–water partition coefficient (Wildman–Crippen LogP) is 5.28. The molecule has 1 N–H and O–H groups in total. The van der Waals surface area contributed by atoms with Crippen molar-refractivity contribution in [3.8, 4) is 5.75 Å². The number of nitrogens with zero attached hydrogens (tertiary/aromatic N) is 1. The summed E-state index contributed by atoms with van der Waals surface area (Å²) in [5, 5.41) is 9.96. The minimum Gasteiger partial charge on any atom is -0.506 e. The van der Waals surface area contributed by atoms with Gasteiger partial charge in [-0.3, -0.25) is 4.99 Å². The molecular weight excluding hydrogens is 370 g/mol. The zero-order valence-electron chi connectivity index (χ0n) is 10.6. The van der Waals surface area contributed by atoms with Crippen LogP contribution in [0.4, 0.5) is 5.69 Å². The van der Waals surface area contributed by atoms with E-state index >= 15 is 0 Å². The summed E-state index contributed by atoms with van der Waals surface area (Å²) in [5.41, 5.74) is 3.93. The molecule has 0 aliphatic heterocycles. The molecule has 0 amide bonds. The average molecular weight is 383 g/mol. The van der Waals surface area contributed by atoms with E-state index in [1.165, 1.54) is 5.56 Å². The van der Waals surface area contributed by atoms with Crippen LogP contribution < -0.4 is 0 Å². The number of phenols is 1. The lowest BCUT2D eigenvalue weighted by molar-refractivity contribution is 0.471. The second kappa shape index (κ2) is 5.88. The Morgan fingerprint density at radius 1 is 1.16 bits per heavy atom. The van der Waals surface area contributed by atoms with Gasteiger partial charge in [-0.25, -0.2) is 0 Å². The van der Waals surface area contributed by atoms with Gasteiger partial charge < -0.3 is 5.11 Å². The molecule has 2 aromatic rings. The third kappa shape index (κ3) is 3.25. The van der Waals surface area contributed by atoms with Crippen LogP contribution in [0.3, 0.4) is 0 Å². The fourth-order valence-corrected chi connectivity index (χ4v) is 2.96. The van der Waals surface area contributed by atoms with E-state index in [0.717, 1.165) is 15.7 Å². The number of phenolic OH excluding ortho intramolecular Hbond substituents is 1. The minimum atomic E-state index is 0.192. The average Bonchev–Trinajstić information content (AvgIpc) is 2.36. The fraction of sp³-hybridized carbons (Fsp3) is 0.133. The van der Waals surface area contributed by atoms with Crippen molar-refractivity contribution in [2.45, 2.75) is 13.8 Å². The van der Waals surface area contributed by atoms with E-state index in [4.69, 9.17) is 0 Å². The van der Waals surface area contributed by atoms with Crippen molar-refractivity contribution in [1.82, 2.24) is 0 Å². The predicted molar refractivity (Wildman–Crippen MR) is 86.7 cm³/mol. The molecule has 0 aliphatic rings. The molecule has 2 aromatic carbocycles. The van der Waals surface area contributed by atoms with Gasteiger partial charge in [0.25, 0.3) is 0 Å². The van der Waals surface area contributed by atoms with Crippen molar-refractivity contribution >= 4 is 43.8 Å². The number of aromatic hydroxyl groups is 1. The second-order valence-corrected chi connectivity index (χ2v) is 6.07. The molecule has 0 aliphatic carbocycles. The van der Waals surface area contributed by atoms with Gasteiger partial charge in [-0.05, 0) is 59.1 Å². The number of aliphatic imine (C=N–C) groups is 1. The lowest BCUT2D eigenvalue weighted by Crippen LogP contribution is -1.86. The smallest absolute Gasteiger partial charge is 0.138 e. The highest BCUT2D eigenvalue weighted by atomic mass is 79.9.